The van der Waals surface area contributed by atoms with E-state index in [0.717, 1.165) is 11.3 Å². The first-order chi connectivity index (χ1) is 16.6. The van der Waals surface area contributed by atoms with Crippen molar-refractivity contribution in [3.8, 4) is 11.5 Å². The molecule has 0 fully saturated rings. The van der Waals surface area contributed by atoms with Crippen molar-refractivity contribution >= 4 is 23.9 Å². The third-order valence-corrected chi connectivity index (χ3v) is 5.03. The molecule has 0 bridgehead atoms. The minimum atomic E-state index is -0.799. The van der Waals surface area contributed by atoms with Gasteiger partial charge in [-0.1, -0.05) is 25.1 Å². The second kappa shape index (κ2) is 13.2. The fraction of sp³-hybridized carbons (Fsp3) is 0.440. The third kappa shape index (κ3) is 8.47. The molecule has 0 aliphatic heterocycles. The summed E-state index contributed by atoms with van der Waals surface area (Å²) in [5.41, 5.74) is 2.29. The maximum atomic E-state index is 12.1. The molecule has 1 amide bonds. The third-order valence-electron chi connectivity index (χ3n) is 5.03. The summed E-state index contributed by atoms with van der Waals surface area (Å²) in [5.74, 6) is -0.00781. The van der Waals surface area contributed by atoms with Crippen LogP contribution in [0.1, 0.15) is 42.8 Å². The van der Waals surface area contributed by atoms with E-state index in [4.69, 9.17) is 23.5 Å². The molecule has 190 valence electrons. The van der Waals surface area contributed by atoms with Crippen LogP contribution in [0.25, 0.3) is 6.08 Å². The van der Waals surface area contributed by atoms with Crippen molar-refractivity contribution in [1.82, 2.24) is 10.5 Å². The Balaban J connectivity index is 1.91. The highest BCUT2D eigenvalue weighted by Gasteiger charge is 2.23. The van der Waals surface area contributed by atoms with Crippen molar-refractivity contribution in [2.45, 2.75) is 46.8 Å². The molecule has 1 unspecified atom stereocenters. The minimum absolute atomic E-state index is 0.162. The fourth-order valence-corrected chi connectivity index (χ4v) is 3.18. The van der Waals surface area contributed by atoms with E-state index in [-0.39, 0.29) is 12.5 Å². The Morgan fingerprint density at radius 3 is 2.49 bits per heavy atom. The number of hydrogen-bond acceptors (Lipinski definition) is 9. The second-order valence-electron chi connectivity index (χ2n) is 8.22. The molecule has 10 nitrogen and oxygen atoms in total. The SMILES string of the molecule is COC(=O)C(CC(C)C)NC(=O)COC(=O)/C=C/c1ccc(OCc2c(C)noc2C)c(OC)c1. The van der Waals surface area contributed by atoms with Crippen molar-refractivity contribution < 1.29 is 37.9 Å². The smallest absolute Gasteiger partial charge is 0.331 e. The number of hydrogen-bond donors (Lipinski definition) is 1. The van der Waals surface area contributed by atoms with Gasteiger partial charge < -0.3 is 28.8 Å². The van der Waals surface area contributed by atoms with Gasteiger partial charge in [0.05, 0.1) is 25.5 Å². The van der Waals surface area contributed by atoms with Gasteiger partial charge in [-0.25, -0.2) is 9.59 Å². The Bertz CT molecular complexity index is 1040. The summed E-state index contributed by atoms with van der Waals surface area (Å²) in [7, 11) is 2.76. The molecule has 0 aliphatic carbocycles. The number of aromatic nitrogens is 1. The van der Waals surface area contributed by atoms with Crippen LogP contribution < -0.4 is 14.8 Å². The number of esters is 2. The predicted octanol–water partition coefficient (Wildman–Crippen LogP) is 3.14. The highest BCUT2D eigenvalue weighted by molar-refractivity contribution is 5.90. The van der Waals surface area contributed by atoms with Crippen LogP contribution in [-0.2, 0) is 30.5 Å². The lowest BCUT2D eigenvalue weighted by Crippen LogP contribution is -2.44. The van der Waals surface area contributed by atoms with Gasteiger partial charge >= 0.3 is 11.9 Å². The summed E-state index contributed by atoms with van der Waals surface area (Å²) < 4.78 is 26.0. The highest BCUT2D eigenvalue weighted by Crippen LogP contribution is 2.30. The van der Waals surface area contributed by atoms with Crippen LogP contribution in [0.5, 0.6) is 11.5 Å². The quantitative estimate of drug-likeness (QED) is 0.354. The molecule has 2 aromatic rings. The van der Waals surface area contributed by atoms with E-state index in [2.05, 4.69) is 10.5 Å². The number of ether oxygens (including phenoxy) is 4. The Kier molecular flexibility index (Phi) is 10.3. The van der Waals surface area contributed by atoms with E-state index in [1.165, 1.54) is 26.4 Å². The average Bonchev–Trinajstić information content (AvgIpc) is 3.15. The lowest BCUT2D eigenvalue weighted by molar-refractivity contribution is -0.148. The fourth-order valence-electron chi connectivity index (χ4n) is 3.18. The zero-order valence-electron chi connectivity index (χ0n) is 20.9. The monoisotopic (exact) mass is 488 g/mol. The first-order valence-electron chi connectivity index (χ1n) is 11.1. The molecule has 1 aromatic heterocycles. The summed E-state index contributed by atoms with van der Waals surface area (Å²) in [4.78, 5) is 35.9. The number of aryl methyl sites for hydroxylation is 2. The van der Waals surface area contributed by atoms with E-state index in [9.17, 15) is 14.4 Å². The summed E-state index contributed by atoms with van der Waals surface area (Å²) in [6.45, 7) is 7.24. The highest BCUT2D eigenvalue weighted by atomic mass is 16.5. The number of carbonyl (C=O) groups excluding carboxylic acids is 3. The summed E-state index contributed by atoms with van der Waals surface area (Å²) in [5, 5.41) is 6.43. The van der Waals surface area contributed by atoms with Gasteiger partial charge in [-0.3, -0.25) is 4.79 Å². The topological polar surface area (TPSA) is 126 Å². The molecule has 1 aromatic carbocycles. The number of nitrogens with zero attached hydrogens (tertiary/aromatic N) is 1. The molecular weight excluding hydrogens is 456 g/mol. The van der Waals surface area contributed by atoms with Crippen LogP contribution in [-0.4, -0.2) is 49.9 Å². The molecule has 2 rings (SSSR count). The first-order valence-corrected chi connectivity index (χ1v) is 11.1. The van der Waals surface area contributed by atoms with Crippen molar-refractivity contribution in [2.24, 2.45) is 5.92 Å². The molecule has 1 atom stereocenters. The molecule has 0 saturated carbocycles. The molecule has 0 saturated heterocycles. The van der Waals surface area contributed by atoms with Crippen LogP contribution in [0, 0.1) is 19.8 Å². The summed E-state index contributed by atoms with van der Waals surface area (Å²) in [6.07, 6.45) is 3.13. The van der Waals surface area contributed by atoms with Gasteiger partial charge in [0.25, 0.3) is 5.91 Å². The molecule has 0 radical (unpaired) electrons. The van der Waals surface area contributed by atoms with E-state index >= 15 is 0 Å². The Hall–Kier alpha value is -3.82. The van der Waals surface area contributed by atoms with Gasteiger partial charge in [0, 0.05) is 6.08 Å². The Morgan fingerprint density at radius 2 is 1.89 bits per heavy atom. The van der Waals surface area contributed by atoms with Gasteiger partial charge in [0.2, 0.25) is 0 Å². The molecule has 0 spiro atoms. The summed E-state index contributed by atoms with van der Waals surface area (Å²) >= 11 is 0. The average molecular weight is 489 g/mol. The van der Waals surface area contributed by atoms with Gasteiger partial charge in [-0.15, -0.1) is 0 Å². The van der Waals surface area contributed by atoms with Crippen molar-refractivity contribution in [2.75, 3.05) is 20.8 Å². The van der Waals surface area contributed by atoms with Crippen LogP contribution >= 0.6 is 0 Å². The maximum Gasteiger partial charge on any atom is 0.331 e. The molecule has 1 heterocycles. The van der Waals surface area contributed by atoms with Crippen molar-refractivity contribution in [1.29, 1.82) is 0 Å². The van der Waals surface area contributed by atoms with Gasteiger partial charge in [0.1, 0.15) is 18.4 Å². The van der Waals surface area contributed by atoms with Gasteiger partial charge in [-0.05, 0) is 50.0 Å². The molecule has 10 heteroatoms. The number of benzene rings is 1. The van der Waals surface area contributed by atoms with E-state index in [1.807, 2.05) is 27.7 Å². The zero-order valence-corrected chi connectivity index (χ0v) is 20.9. The van der Waals surface area contributed by atoms with Gasteiger partial charge in [-0.2, -0.15) is 0 Å². The summed E-state index contributed by atoms with van der Waals surface area (Å²) in [6, 6.07) is 4.37. The lowest BCUT2D eigenvalue weighted by atomic mass is 10.0. The molecular formula is C25H32N2O8. The number of amides is 1. The Labute approximate surface area is 204 Å². The van der Waals surface area contributed by atoms with Crippen molar-refractivity contribution in [3.05, 3.63) is 46.9 Å². The zero-order chi connectivity index (χ0) is 26.0. The largest absolute Gasteiger partial charge is 0.493 e. The van der Waals surface area contributed by atoms with Crippen LogP contribution in [0.15, 0.2) is 28.8 Å². The second-order valence-corrected chi connectivity index (χ2v) is 8.22. The number of nitrogens with one attached hydrogen (secondary N) is 1. The number of carbonyl (C=O) groups is 3. The molecule has 35 heavy (non-hydrogen) atoms. The van der Waals surface area contributed by atoms with Crippen LogP contribution in [0.3, 0.4) is 0 Å². The van der Waals surface area contributed by atoms with E-state index in [1.54, 1.807) is 18.2 Å². The minimum Gasteiger partial charge on any atom is -0.493 e. The number of rotatable bonds is 12. The predicted molar refractivity (Wildman–Crippen MR) is 127 cm³/mol. The van der Waals surface area contributed by atoms with Gasteiger partial charge in [0.15, 0.2) is 18.1 Å². The van der Waals surface area contributed by atoms with E-state index < -0.39 is 30.5 Å². The van der Waals surface area contributed by atoms with Crippen LogP contribution in [0.4, 0.5) is 0 Å². The Morgan fingerprint density at radius 1 is 1.14 bits per heavy atom. The normalized spacial score (nSPS) is 11.9. The van der Waals surface area contributed by atoms with Crippen molar-refractivity contribution in [3.63, 3.8) is 0 Å². The lowest BCUT2D eigenvalue weighted by Gasteiger charge is -2.18. The standard InChI is InChI=1S/C25H32N2O8/c1-15(2)11-20(25(30)32-6)26-23(28)14-34-24(29)10-8-18-7-9-21(22(12-18)31-5)33-13-19-16(3)27-35-17(19)4/h7-10,12,15,20H,11,13-14H2,1-6H3,(H,26,28)/b10-8+. The molecule has 0 aliphatic rings. The maximum absolute atomic E-state index is 12.1. The van der Waals surface area contributed by atoms with E-state index in [0.29, 0.717) is 29.2 Å². The molecule has 1 N–H and O–H groups in total. The van der Waals surface area contributed by atoms with Crippen LogP contribution in [0.2, 0.25) is 0 Å². The first kappa shape index (κ1) is 27.4. The number of methoxy groups -OCH3 is 2.